The lowest BCUT2D eigenvalue weighted by Gasteiger charge is -2.35. The predicted octanol–water partition coefficient (Wildman–Crippen LogP) is 2.22. The maximum atomic E-state index is 9.97. The van der Waals surface area contributed by atoms with Gasteiger partial charge in [0.15, 0.2) is 0 Å². The van der Waals surface area contributed by atoms with Crippen LogP contribution in [0.15, 0.2) is 24.3 Å². The van der Waals surface area contributed by atoms with Gasteiger partial charge < -0.3 is 14.7 Å². The highest BCUT2D eigenvalue weighted by Crippen LogP contribution is 2.23. The molecule has 0 amide bonds. The summed E-state index contributed by atoms with van der Waals surface area (Å²) >= 11 is 0. The first kappa shape index (κ1) is 13.4. The van der Waals surface area contributed by atoms with Crippen LogP contribution in [0.25, 0.3) is 0 Å². The maximum absolute atomic E-state index is 9.97. The van der Waals surface area contributed by atoms with E-state index in [0.29, 0.717) is 19.2 Å². The molecule has 1 unspecified atom stereocenters. The summed E-state index contributed by atoms with van der Waals surface area (Å²) in [7, 11) is 2.08. The third-order valence-corrected chi connectivity index (χ3v) is 3.72. The Labute approximate surface area is 109 Å². The Hall–Kier alpha value is -1.06. The molecule has 2 rings (SSSR count). The number of aliphatic hydroxyl groups is 1. The summed E-state index contributed by atoms with van der Waals surface area (Å²) in [4.78, 5) is 2.25. The lowest BCUT2D eigenvalue weighted by molar-refractivity contribution is 0.0475. The summed E-state index contributed by atoms with van der Waals surface area (Å²) in [6, 6.07) is 8.57. The Balaban J connectivity index is 1.74. The molecule has 0 aromatic heterocycles. The van der Waals surface area contributed by atoms with Crippen molar-refractivity contribution < 1.29 is 9.84 Å². The quantitative estimate of drug-likeness (QED) is 0.839. The Bertz CT molecular complexity index is 377. The largest absolute Gasteiger partial charge is 0.491 e. The number of benzene rings is 1. The van der Waals surface area contributed by atoms with E-state index in [4.69, 9.17) is 4.74 Å². The predicted molar refractivity (Wildman–Crippen MR) is 72.9 cm³/mol. The third-order valence-electron chi connectivity index (χ3n) is 3.72. The number of likely N-dealkylation sites (N-methyl/N-ethyl adjacent to an activating group) is 1. The summed E-state index contributed by atoms with van der Waals surface area (Å²) in [6.45, 7) is 3.07. The van der Waals surface area contributed by atoms with Gasteiger partial charge >= 0.3 is 0 Å². The number of rotatable bonds is 6. The van der Waals surface area contributed by atoms with Crippen molar-refractivity contribution in [2.75, 3.05) is 20.2 Å². The summed E-state index contributed by atoms with van der Waals surface area (Å²) in [5, 5.41) is 9.97. The van der Waals surface area contributed by atoms with E-state index < -0.39 is 6.10 Å². The van der Waals surface area contributed by atoms with Crippen LogP contribution in [0.5, 0.6) is 5.75 Å². The van der Waals surface area contributed by atoms with Gasteiger partial charge in [0.05, 0.1) is 0 Å². The van der Waals surface area contributed by atoms with Gasteiger partial charge in [0.2, 0.25) is 0 Å². The summed E-state index contributed by atoms with van der Waals surface area (Å²) in [5.41, 5.74) is 1.11. The van der Waals surface area contributed by atoms with E-state index >= 15 is 0 Å². The van der Waals surface area contributed by atoms with Crippen molar-refractivity contribution in [3.05, 3.63) is 29.8 Å². The van der Waals surface area contributed by atoms with Crippen molar-refractivity contribution in [1.29, 1.82) is 0 Å². The zero-order valence-electron chi connectivity index (χ0n) is 11.3. The summed E-state index contributed by atoms with van der Waals surface area (Å²) in [6.07, 6.45) is 3.43. The molecule has 100 valence electrons. The minimum Gasteiger partial charge on any atom is -0.491 e. The van der Waals surface area contributed by atoms with Gasteiger partial charge in [-0.2, -0.15) is 0 Å². The summed E-state index contributed by atoms with van der Waals surface area (Å²) < 4.78 is 5.65. The van der Waals surface area contributed by atoms with Crippen molar-refractivity contribution in [3.8, 4) is 5.75 Å². The standard InChI is InChI=1S/C15H23NO2/c1-12-6-3-4-9-15(12)18-11-14(17)10-16(2)13-7-5-8-13/h3-4,6,9,13-14,17H,5,7-8,10-11H2,1-2H3. The van der Waals surface area contributed by atoms with E-state index in [0.717, 1.165) is 11.3 Å². The van der Waals surface area contributed by atoms with Crippen molar-refractivity contribution in [1.82, 2.24) is 4.90 Å². The number of aryl methyl sites for hydroxylation is 1. The van der Waals surface area contributed by atoms with Gasteiger partial charge in [-0.05, 0) is 38.4 Å². The molecule has 0 heterocycles. The Morgan fingerprint density at radius 1 is 1.39 bits per heavy atom. The van der Waals surface area contributed by atoms with Crippen LogP contribution in [0.2, 0.25) is 0 Å². The lowest BCUT2D eigenvalue weighted by atomic mass is 9.92. The van der Waals surface area contributed by atoms with Gasteiger partial charge in [0.25, 0.3) is 0 Å². The second-order valence-corrected chi connectivity index (χ2v) is 5.25. The molecule has 1 aromatic rings. The highest BCUT2D eigenvalue weighted by Gasteiger charge is 2.23. The van der Waals surface area contributed by atoms with E-state index in [1.54, 1.807) is 0 Å². The molecule has 1 atom stereocenters. The fraction of sp³-hybridized carbons (Fsp3) is 0.600. The normalized spacial score (nSPS) is 17.6. The molecule has 3 heteroatoms. The van der Waals surface area contributed by atoms with Crippen LogP contribution in [-0.4, -0.2) is 42.4 Å². The average Bonchev–Trinajstić information content (AvgIpc) is 2.25. The zero-order valence-corrected chi connectivity index (χ0v) is 11.3. The molecule has 0 radical (unpaired) electrons. The highest BCUT2D eigenvalue weighted by molar-refractivity contribution is 5.31. The second-order valence-electron chi connectivity index (χ2n) is 5.25. The van der Waals surface area contributed by atoms with Gasteiger partial charge in [-0.3, -0.25) is 0 Å². The number of aliphatic hydroxyl groups excluding tert-OH is 1. The Morgan fingerprint density at radius 2 is 2.11 bits per heavy atom. The van der Waals surface area contributed by atoms with E-state index in [9.17, 15) is 5.11 Å². The molecule has 0 spiro atoms. The van der Waals surface area contributed by atoms with Crippen LogP contribution in [0.1, 0.15) is 24.8 Å². The smallest absolute Gasteiger partial charge is 0.122 e. The summed E-state index contributed by atoms with van der Waals surface area (Å²) in [5.74, 6) is 0.864. The molecule has 1 aliphatic carbocycles. The molecule has 3 nitrogen and oxygen atoms in total. The van der Waals surface area contributed by atoms with Crippen LogP contribution in [0.3, 0.4) is 0 Å². The topological polar surface area (TPSA) is 32.7 Å². The molecule has 0 saturated heterocycles. The first-order valence-electron chi connectivity index (χ1n) is 6.73. The number of para-hydroxylation sites is 1. The van der Waals surface area contributed by atoms with Crippen molar-refractivity contribution in [2.45, 2.75) is 38.3 Å². The minimum absolute atomic E-state index is 0.363. The molecule has 1 aliphatic rings. The van der Waals surface area contributed by atoms with E-state index in [1.807, 2.05) is 31.2 Å². The third kappa shape index (κ3) is 3.47. The van der Waals surface area contributed by atoms with Crippen LogP contribution < -0.4 is 4.74 Å². The van der Waals surface area contributed by atoms with Crippen LogP contribution in [-0.2, 0) is 0 Å². The Kier molecular flexibility index (Phi) is 4.61. The molecule has 0 bridgehead atoms. The van der Waals surface area contributed by atoms with Gasteiger partial charge in [-0.15, -0.1) is 0 Å². The molecule has 1 fully saturated rings. The van der Waals surface area contributed by atoms with Crippen molar-refractivity contribution >= 4 is 0 Å². The van der Waals surface area contributed by atoms with Gasteiger partial charge in [-0.25, -0.2) is 0 Å². The molecule has 1 N–H and O–H groups in total. The first-order valence-corrected chi connectivity index (χ1v) is 6.73. The van der Waals surface area contributed by atoms with Crippen molar-refractivity contribution in [2.24, 2.45) is 0 Å². The van der Waals surface area contributed by atoms with E-state index in [1.165, 1.54) is 19.3 Å². The van der Waals surface area contributed by atoms with Crippen LogP contribution in [0, 0.1) is 6.92 Å². The van der Waals surface area contributed by atoms with Crippen LogP contribution in [0.4, 0.5) is 0 Å². The first-order chi connectivity index (χ1) is 8.66. The molecule has 0 aliphatic heterocycles. The molecular weight excluding hydrogens is 226 g/mol. The SMILES string of the molecule is Cc1ccccc1OCC(O)CN(C)C1CCC1. The second kappa shape index (κ2) is 6.21. The minimum atomic E-state index is -0.421. The average molecular weight is 249 g/mol. The molecular formula is C15H23NO2. The van der Waals surface area contributed by atoms with E-state index in [2.05, 4.69) is 11.9 Å². The monoisotopic (exact) mass is 249 g/mol. The highest BCUT2D eigenvalue weighted by atomic mass is 16.5. The van der Waals surface area contributed by atoms with E-state index in [-0.39, 0.29) is 0 Å². The number of hydrogen-bond donors (Lipinski definition) is 1. The molecule has 1 saturated carbocycles. The van der Waals surface area contributed by atoms with Crippen molar-refractivity contribution in [3.63, 3.8) is 0 Å². The number of nitrogens with zero attached hydrogens (tertiary/aromatic N) is 1. The fourth-order valence-electron chi connectivity index (χ4n) is 2.27. The van der Waals surface area contributed by atoms with Gasteiger partial charge in [-0.1, -0.05) is 24.6 Å². The van der Waals surface area contributed by atoms with Gasteiger partial charge in [0.1, 0.15) is 18.5 Å². The lowest BCUT2D eigenvalue weighted by Crippen LogP contribution is -2.42. The molecule has 18 heavy (non-hydrogen) atoms. The number of hydrogen-bond acceptors (Lipinski definition) is 3. The fourth-order valence-corrected chi connectivity index (χ4v) is 2.27. The maximum Gasteiger partial charge on any atom is 0.122 e. The Morgan fingerprint density at radius 3 is 2.72 bits per heavy atom. The number of ether oxygens (including phenoxy) is 1. The van der Waals surface area contributed by atoms with Crippen LogP contribution >= 0.6 is 0 Å². The zero-order chi connectivity index (χ0) is 13.0. The van der Waals surface area contributed by atoms with Gasteiger partial charge in [0, 0.05) is 12.6 Å². The molecule has 1 aromatic carbocycles.